The van der Waals surface area contributed by atoms with Gasteiger partial charge in [-0.25, -0.2) is 0 Å². The lowest BCUT2D eigenvalue weighted by Crippen LogP contribution is -2.17. The maximum Gasteiger partial charge on any atom is 0.0542 e. The minimum atomic E-state index is 0.976. The smallest absolute Gasteiger partial charge is 0.0542 e. The molecule has 3 heterocycles. The highest BCUT2D eigenvalue weighted by atomic mass is 15.2. The molecule has 0 spiro atoms. The van der Waals surface area contributed by atoms with Gasteiger partial charge in [0.2, 0.25) is 0 Å². The normalized spacial score (nSPS) is 11.8. The van der Waals surface area contributed by atoms with Crippen molar-refractivity contribution in [1.82, 2.24) is 13.7 Å². The Morgan fingerprint density at radius 3 is 0.698 bits per heavy atom. The van der Waals surface area contributed by atoms with E-state index < -0.39 is 0 Å². The predicted molar refractivity (Wildman–Crippen MR) is 406 cm³/mol. The Morgan fingerprint density at radius 1 is 0.156 bits per heavy atom. The summed E-state index contributed by atoms with van der Waals surface area (Å²) in [7, 11) is 0. The average Bonchev–Trinajstić information content (AvgIpc) is 1.42. The van der Waals surface area contributed by atoms with Crippen molar-refractivity contribution in [2.24, 2.45) is 0 Å². The van der Waals surface area contributed by atoms with Crippen molar-refractivity contribution in [3.05, 3.63) is 364 Å². The largest absolute Gasteiger partial charge is 0.310 e. The van der Waals surface area contributed by atoms with Gasteiger partial charge in [-0.2, -0.15) is 0 Å². The van der Waals surface area contributed by atoms with Crippen LogP contribution in [-0.4, -0.2) is 13.7 Å². The zero-order valence-corrected chi connectivity index (χ0v) is 52.3. The highest BCUT2D eigenvalue weighted by molar-refractivity contribution is 6.15. The first-order chi connectivity index (χ1) is 47.6. The molecule has 0 aliphatic carbocycles. The van der Waals surface area contributed by atoms with Gasteiger partial charge in [0.15, 0.2) is 0 Å². The molecule has 0 saturated heterocycles. The number of benzene rings is 16. The van der Waals surface area contributed by atoms with E-state index in [-0.39, 0.29) is 0 Å². The summed E-state index contributed by atoms with van der Waals surface area (Å²) >= 11 is 0. The molecule has 0 amide bonds. The van der Waals surface area contributed by atoms with E-state index in [0.717, 1.165) is 150 Å². The molecular formula is C90H60N6. The lowest BCUT2D eigenvalue weighted by molar-refractivity contribution is 1.18. The molecule has 0 radical (unpaired) electrons. The van der Waals surface area contributed by atoms with E-state index in [9.17, 15) is 0 Å². The molecule has 19 aromatic rings. The number of nitrogens with zero attached hydrogens (tertiary/aromatic N) is 6. The van der Waals surface area contributed by atoms with E-state index in [1.165, 1.54) is 16.2 Å². The first-order valence-electron chi connectivity index (χ1n) is 32.9. The zero-order valence-electron chi connectivity index (χ0n) is 52.3. The molecule has 0 unspecified atom stereocenters. The van der Waals surface area contributed by atoms with Crippen LogP contribution in [0.3, 0.4) is 0 Å². The third-order valence-corrected chi connectivity index (χ3v) is 19.5. The van der Waals surface area contributed by atoms with Gasteiger partial charge in [0.1, 0.15) is 0 Å². The Bertz CT molecular complexity index is 5610. The number of rotatable bonds is 12. The summed E-state index contributed by atoms with van der Waals surface area (Å²) < 4.78 is 7.21. The van der Waals surface area contributed by atoms with Gasteiger partial charge >= 0.3 is 0 Å². The summed E-state index contributed by atoms with van der Waals surface area (Å²) in [5.74, 6) is 0. The molecule has 96 heavy (non-hydrogen) atoms. The van der Waals surface area contributed by atoms with Gasteiger partial charge in [0.25, 0.3) is 0 Å². The first kappa shape index (κ1) is 54.8. The molecule has 450 valence electrons. The molecule has 6 nitrogen and oxygen atoms in total. The Hall–Kier alpha value is -12.9. The number of fused-ring (bicyclic) bond motifs is 12. The lowest BCUT2D eigenvalue weighted by Gasteiger charge is -2.34. The average molecular weight is 1230 g/mol. The number of aromatic nitrogens is 3. The minimum absolute atomic E-state index is 0.976. The van der Waals surface area contributed by atoms with Crippen LogP contribution in [0.15, 0.2) is 364 Å². The lowest BCUT2D eigenvalue weighted by atomic mass is 10.0. The van der Waals surface area contributed by atoms with Crippen LogP contribution in [0.25, 0.3) is 115 Å². The zero-order chi connectivity index (χ0) is 63.2. The van der Waals surface area contributed by atoms with E-state index >= 15 is 0 Å². The molecule has 19 rings (SSSR count). The fourth-order valence-corrected chi connectivity index (χ4v) is 15.3. The molecule has 0 aliphatic rings. The number of hydrogen-bond donors (Lipinski definition) is 0. The molecule has 0 N–H and O–H groups in total. The van der Waals surface area contributed by atoms with Crippen molar-refractivity contribution in [2.75, 3.05) is 14.7 Å². The molecule has 0 bridgehead atoms. The molecule has 16 aromatic carbocycles. The Morgan fingerprint density at radius 2 is 0.396 bits per heavy atom. The van der Waals surface area contributed by atoms with E-state index in [0.29, 0.717) is 0 Å². The van der Waals surface area contributed by atoms with Crippen molar-refractivity contribution in [1.29, 1.82) is 0 Å². The maximum atomic E-state index is 2.51. The summed E-state index contributed by atoms with van der Waals surface area (Å²) in [6.45, 7) is 0. The van der Waals surface area contributed by atoms with Gasteiger partial charge < -0.3 is 28.4 Å². The van der Waals surface area contributed by atoms with Crippen LogP contribution in [0.4, 0.5) is 51.2 Å². The fourth-order valence-electron chi connectivity index (χ4n) is 15.3. The van der Waals surface area contributed by atoms with Crippen molar-refractivity contribution >= 4 is 149 Å². The summed E-state index contributed by atoms with van der Waals surface area (Å²) in [6, 6.07) is 134. The van der Waals surface area contributed by atoms with E-state index in [2.05, 4.69) is 392 Å². The summed E-state index contributed by atoms with van der Waals surface area (Å²) in [5.41, 5.74) is 19.4. The standard InChI is InChI=1S/C90H60N6/c1-4-31-64(32-5-1)94-85-43-19-16-40-76(85)79-58-67(49-52-88(79)94)91(82-46-22-28-61-25-10-13-37-73(61)82)70-55-71(92(83-47-23-29-62-26-11-14-38-74(62)83)68-50-53-89-80(59-68)77-41-17-20-44-86(77)95(89)65-33-6-2-7-34-65)57-72(56-70)93(84-48-24-30-63-27-12-15-39-75(63)84)69-51-54-90-81(60-69)78-42-18-21-45-87(78)96(90)66-35-8-3-9-36-66/h1-60H. The number of anilines is 9. The fraction of sp³-hybridized carbons (Fsp3) is 0. The van der Waals surface area contributed by atoms with E-state index in [4.69, 9.17) is 0 Å². The Kier molecular flexibility index (Phi) is 12.8. The van der Waals surface area contributed by atoms with E-state index in [1.54, 1.807) is 0 Å². The van der Waals surface area contributed by atoms with Crippen LogP contribution >= 0.6 is 0 Å². The molecule has 0 fully saturated rings. The Balaban J connectivity index is 0.942. The topological polar surface area (TPSA) is 24.5 Å². The monoisotopic (exact) mass is 1220 g/mol. The SMILES string of the molecule is c1ccc(-n2c3ccccc3c3cc(N(c4cc(N(c5ccc6c(c5)c5ccccc5n6-c5ccccc5)c5cccc6ccccc56)cc(N(c5ccc6c(c5)c5ccccc5n6-c5ccccc5)c5cccc6ccccc56)c4)c4cccc5ccccc45)ccc32)cc1. The van der Waals surface area contributed by atoms with Gasteiger partial charge in [-0.1, -0.05) is 218 Å². The maximum absolute atomic E-state index is 2.51. The quantitative estimate of drug-likeness (QED) is 0.122. The van der Waals surface area contributed by atoms with Crippen LogP contribution < -0.4 is 14.7 Å². The molecule has 0 aliphatic heterocycles. The second-order valence-electron chi connectivity index (χ2n) is 24.9. The van der Waals surface area contributed by atoms with Crippen molar-refractivity contribution in [3.8, 4) is 17.1 Å². The summed E-state index contributed by atoms with van der Waals surface area (Å²) in [4.78, 5) is 7.54. The first-order valence-corrected chi connectivity index (χ1v) is 32.9. The number of hydrogen-bond acceptors (Lipinski definition) is 3. The van der Waals surface area contributed by atoms with Crippen LogP contribution in [0.2, 0.25) is 0 Å². The van der Waals surface area contributed by atoms with Crippen molar-refractivity contribution in [2.45, 2.75) is 0 Å². The van der Waals surface area contributed by atoms with Crippen LogP contribution in [0.1, 0.15) is 0 Å². The van der Waals surface area contributed by atoms with Crippen LogP contribution in [-0.2, 0) is 0 Å². The second-order valence-corrected chi connectivity index (χ2v) is 24.9. The van der Waals surface area contributed by atoms with Gasteiger partial charge in [-0.3, -0.25) is 0 Å². The minimum Gasteiger partial charge on any atom is -0.310 e. The molecule has 6 heteroatoms. The summed E-state index contributed by atoms with van der Waals surface area (Å²) in [5, 5.41) is 13.9. The molecule has 0 saturated carbocycles. The van der Waals surface area contributed by atoms with Crippen LogP contribution in [0, 0.1) is 0 Å². The van der Waals surface area contributed by atoms with Gasteiger partial charge in [-0.05, 0) is 162 Å². The second kappa shape index (κ2) is 22.4. The van der Waals surface area contributed by atoms with Crippen molar-refractivity contribution in [3.63, 3.8) is 0 Å². The number of para-hydroxylation sites is 6. The predicted octanol–water partition coefficient (Wildman–Crippen LogP) is 24.8. The summed E-state index contributed by atoms with van der Waals surface area (Å²) in [6.07, 6.45) is 0. The van der Waals surface area contributed by atoms with E-state index in [1.807, 2.05) is 0 Å². The molecular weight excluding hydrogens is 1170 g/mol. The van der Waals surface area contributed by atoms with Gasteiger partial charge in [-0.15, -0.1) is 0 Å². The Labute approximate surface area is 555 Å². The van der Waals surface area contributed by atoms with Gasteiger partial charge in [0, 0.05) is 82.6 Å². The van der Waals surface area contributed by atoms with Crippen LogP contribution in [0.5, 0.6) is 0 Å². The van der Waals surface area contributed by atoms with Crippen molar-refractivity contribution < 1.29 is 0 Å². The van der Waals surface area contributed by atoms with Gasteiger partial charge in [0.05, 0.1) is 67.2 Å². The highest BCUT2D eigenvalue weighted by Gasteiger charge is 2.28. The molecule has 0 atom stereocenters. The third-order valence-electron chi connectivity index (χ3n) is 19.5. The highest BCUT2D eigenvalue weighted by Crippen LogP contribution is 2.51. The molecule has 3 aromatic heterocycles. The third kappa shape index (κ3) is 8.88.